The minimum Gasteiger partial charge on any atom is -0.310 e. The second-order valence-electron chi connectivity index (χ2n) is 13.9. The fourth-order valence-electron chi connectivity index (χ4n) is 8.18. The van der Waals surface area contributed by atoms with Crippen LogP contribution in [0.3, 0.4) is 0 Å². The van der Waals surface area contributed by atoms with Crippen LogP contribution in [0, 0.1) is 0 Å². The Kier molecular flexibility index (Phi) is 8.98. The minimum atomic E-state index is 0.218. The van der Waals surface area contributed by atoms with Gasteiger partial charge < -0.3 is 4.90 Å². The maximum absolute atomic E-state index is 2.51. The third kappa shape index (κ3) is 6.47. The van der Waals surface area contributed by atoms with Gasteiger partial charge in [-0.2, -0.15) is 0 Å². The van der Waals surface area contributed by atoms with E-state index in [4.69, 9.17) is 0 Å². The molecule has 0 saturated carbocycles. The summed E-state index contributed by atoms with van der Waals surface area (Å²) in [4.78, 5) is 2.37. The summed E-state index contributed by atoms with van der Waals surface area (Å²) in [5.41, 5.74) is 12.5. The van der Waals surface area contributed by atoms with Crippen molar-refractivity contribution in [3.05, 3.63) is 229 Å². The highest BCUT2D eigenvalue weighted by molar-refractivity contribution is 6.20. The number of hydrogen-bond acceptors (Lipinski definition) is 1. The van der Waals surface area contributed by atoms with Gasteiger partial charge in [0, 0.05) is 23.0 Å². The predicted octanol–water partition coefficient (Wildman–Crippen LogP) is 14.2. The van der Waals surface area contributed by atoms with Gasteiger partial charge in [-0.1, -0.05) is 164 Å². The third-order valence-corrected chi connectivity index (χ3v) is 10.6. The summed E-state index contributed by atoms with van der Waals surface area (Å²) >= 11 is 0. The first-order chi connectivity index (χ1) is 26.3. The molecule has 1 nitrogen and oxygen atoms in total. The molecule has 0 heterocycles. The molecule has 1 aliphatic carbocycles. The molecule has 254 valence electrons. The molecule has 1 atom stereocenters. The first-order valence-electron chi connectivity index (χ1n) is 18.8. The van der Waals surface area contributed by atoms with Gasteiger partial charge in [-0.05, 0) is 122 Å². The summed E-state index contributed by atoms with van der Waals surface area (Å²) < 4.78 is 0. The molecule has 8 aromatic rings. The first-order valence-corrected chi connectivity index (χ1v) is 18.8. The molecule has 0 spiro atoms. The van der Waals surface area contributed by atoms with Gasteiger partial charge in [-0.25, -0.2) is 0 Å². The summed E-state index contributed by atoms with van der Waals surface area (Å²) in [5, 5.41) is 5.10. The Labute approximate surface area is 312 Å². The van der Waals surface area contributed by atoms with Gasteiger partial charge in [0.25, 0.3) is 0 Å². The van der Waals surface area contributed by atoms with E-state index >= 15 is 0 Å². The van der Waals surface area contributed by atoms with Gasteiger partial charge in [0.05, 0.1) is 0 Å². The lowest BCUT2D eigenvalue weighted by Crippen LogP contribution is -2.10. The van der Waals surface area contributed by atoms with E-state index in [9.17, 15) is 0 Å². The van der Waals surface area contributed by atoms with Crippen LogP contribution in [0.25, 0.3) is 38.2 Å². The van der Waals surface area contributed by atoms with Crippen LogP contribution in [0.5, 0.6) is 0 Å². The number of para-hydroxylation sites is 2. The molecule has 0 bridgehead atoms. The zero-order valence-electron chi connectivity index (χ0n) is 29.8. The number of anilines is 3. The maximum atomic E-state index is 2.51. The van der Waals surface area contributed by atoms with Crippen LogP contribution in [-0.4, -0.2) is 0 Å². The number of hydrogen-bond donors (Lipinski definition) is 0. The number of fused-ring (bicyclic) bond motifs is 2. The Morgan fingerprint density at radius 3 is 1.64 bits per heavy atom. The normalized spacial score (nSPS) is 13.2. The van der Waals surface area contributed by atoms with Crippen molar-refractivity contribution >= 4 is 44.2 Å². The van der Waals surface area contributed by atoms with Crippen LogP contribution in [0.4, 0.5) is 17.1 Å². The molecule has 53 heavy (non-hydrogen) atoms. The lowest BCUT2D eigenvalue weighted by Gasteiger charge is -2.27. The molecular formula is C52H41N. The lowest BCUT2D eigenvalue weighted by atomic mass is 9.81. The van der Waals surface area contributed by atoms with Crippen molar-refractivity contribution in [3.8, 4) is 11.1 Å². The van der Waals surface area contributed by atoms with Crippen LogP contribution in [0.2, 0.25) is 0 Å². The van der Waals surface area contributed by atoms with E-state index in [0.29, 0.717) is 0 Å². The van der Waals surface area contributed by atoms with Gasteiger partial charge in [0.15, 0.2) is 0 Å². The quantitative estimate of drug-likeness (QED) is 0.137. The van der Waals surface area contributed by atoms with Crippen molar-refractivity contribution in [1.82, 2.24) is 0 Å². The van der Waals surface area contributed by atoms with Crippen molar-refractivity contribution in [2.45, 2.75) is 25.2 Å². The summed E-state index contributed by atoms with van der Waals surface area (Å²) in [6.07, 6.45) is 10.2. The van der Waals surface area contributed by atoms with Crippen LogP contribution in [-0.2, 0) is 6.42 Å². The number of rotatable bonds is 9. The Balaban J connectivity index is 1.34. The van der Waals surface area contributed by atoms with Crippen LogP contribution < -0.4 is 4.90 Å². The largest absolute Gasteiger partial charge is 0.310 e. The van der Waals surface area contributed by atoms with E-state index in [-0.39, 0.29) is 5.92 Å². The molecule has 1 heteroatoms. The molecule has 0 aromatic heterocycles. The van der Waals surface area contributed by atoms with Gasteiger partial charge >= 0.3 is 0 Å². The molecule has 0 radical (unpaired) electrons. The van der Waals surface area contributed by atoms with E-state index in [1.165, 1.54) is 60.5 Å². The predicted molar refractivity (Wildman–Crippen MR) is 226 cm³/mol. The van der Waals surface area contributed by atoms with Gasteiger partial charge in [-0.15, -0.1) is 0 Å². The van der Waals surface area contributed by atoms with Gasteiger partial charge in [0.1, 0.15) is 0 Å². The number of allylic oxidation sites excluding steroid dienone is 4. The summed E-state index contributed by atoms with van der Waals surface area (Å²) in [6.45, 7) is 0. The highest BCUT2D eigenvalue weighted by atomic mass is 15.1. The average Bonchev–Trinajstić information content (AvgIpc) is 3.24. The monoisotopic (exact) mass is 679 g/mol. The molecule has 0 N–H and O–H groups in total. The Morgan fingerprint density at radius 2 is 1.00 bits per heavy atom. The van der Waals surface area contributed by atoms with E-state index in [2.05, 4.69) is 211 Å². The third-order valence-electron chi connectivity index (χ3n) is 10.6. The smallest absolute Gasteiger partial charge is 0.0468 e. The van der Waals surface area contributed by atoms with Crippen molar-refractivity contribution < 1.29 is 0 Å². The van der Waals surface area contributed by atoms with Crippen LogP contribution in [0.15, 0.2) is 206 Å². The molecule has 9 rings (SSSR count). The van der Waals surface area contributed by atoms with Crippen LogP contribution >= 0.6 is 0 Å². The molecule has 0 amide bonds. The van der Waals surface area contributed by atoms with Crippen molar-refractivity contribution in [1.29, 1.82) is 0 Å². The zero-order valence-corrected chi connectivity index (χ0v) is 29.8. The van der Waals surface area contributed by atoms with Crippen LogP contribution in [0.1, 0.15) is 41.0 Å². The molecule has 0 aliphatic heterocycles. The van der Waals surface area contributed by atoms with E-state index in [1.54, 1.807) is 0 Å². The Hall–Kier alpha value is -6.44. The maximum Gasteiger partial charge on any atom is 0.0468 e. The Morgan fingerprint density at radius 1 is 0.434 bits per heavy atom. The SMILES string of the molecule is C1=CC(c2c3cc(C(Cc4ccccc4)c4ccccc4)ccc3c(-c3ccccc3)c3cc(N(c4ccccc4)c4ccccc4)ccc23)=CCC1. The Bertz CT molecular complexity index is 2510. The molecule has 0 fully saturated rings. The van der Waals surface area contributed by atoms with Crippen molar-refractivity contribution in [2.24, 2.45) is 0 Å². The first kappa shape index (κ1) is 32.5. The molecule has 1 unspecified atom stereocenters. The van der Waals surface area contributed by atoms with Gasteiger partial charge in [-0.3, -0.25) is 0 Å². The molecular weight excluding hydrogens is 639 g/mol. The molecule has 1 aliphatic rings. The summed E-state index contributed by atoms with van der Waals surface area (Å²) in [7, 11) is 0. The van der Waals surface area contributed by atoms with E-state index in [0.717, 1.165) is 36.3 Å². The highest BCUT2D eigenvalue weighted by Crippen LogP contribution is 2.46. The summed E-state index contributed by atoms with van der Waals surface area (Å²) in [5.74, 6) is 0.218. The van der Waals surface area contributed by atoms with E-state index < -0.39 is 0 Å². The highest BCUT2D eigenvalue weighted by Gasteiger charge is 2.23. The fourth-order valence-corrected chi connectivity index (χ4v) is 8.18. The van der Waals surface area contributed by atoms with Gasteiger partial charge in [0.2, 0.25) is 0 Å². The second-order valence-corrected chi connectivity index (χ2v) is 13.9. The number of nitrogens with zero attached hydrogens (tertiary/aromatic N) is 1. The summed E-state index contributed by atoms with van der Waals surface area (Å²) in [6, 6.07) is 68.8. The lowest BCUT2D eigenvalue weighted by molar-refractivity contribution is 0.806. The van der Waals surface area contributed by atoms with Crippen molar-refractivity contribution in [2.75, 3.05) is 4.90 Å². The standard InChI is InChI=1S/C52H41N/c1-7-19-38(20-8-1)35-48(39-21-9-2-10-22-39)42-31-33-46-49(36-42)51(40-23-11-3-12-24-40)47-34-32-45(37-50(47)52(46)41-25-13-4-14-26-41)53(43-27-15-5-16-28-43)44-29-17-6-18-30-44/h1-2,4-11,13-34,36-37,48H,3,12,35H2. The average molecular weight is 680 g/mol. The van der Waals surface area contributed by atoms with E-state index in [1.807, 2.05) is 0 Å². The molecule has 8 aromatic carbocycles. The minimum absolute atomic E-state index is 0.218. The second kappa shape index (κ2) is 14.7. The number of benzene rings is 8. The topological polar surface area (TPSA) is 3.24 Å². The van der Waals surface area contributed by atoms with Crippen molar-refractivity contribution in [3.63, 3.8) is 0 Å². The molecule has 0 saturated heterocycles. The zero-order chi connectivity index (χ0) is 35.4. The fraction of sp³-hybridized carbons (Fsp3) is 0.0769.